The van der Waals surface area contributed by atoms with E-state index < -0.39 is 0 Å². The van der Waals surface area contributed by atoms with Crippen LogP contribution in [0.25, 0.3) is 0 Å². The van der Waals surface area contributed by atoms with Gasteiger partial charge in [0.1, 0.15) is 0 Å². The van der Waals surface area contributed by atoms with E-state index in [2.05, 4.69) is 24.1 Å². The maximum Gasteiger partial charge on any atom is 0.231 e. The molecule has 2 fully saturated rings. The zero-order chi connectivity index (χ0) is 13.9. The number of amides is 1. The average Bonchev–Trinajstić information content (AvgIpc) is 2.40. The smallest absolute Gasteiger partial charge is 0.231 e. The highest BCUT2D eigenvalue weighted by Gasteiger charge is 2.45. The van der Waals surface area contributed by atoms with Crippen LogP contribution in [0, 0.1) is 5.41 Å². The quantitative estimate of drug-likeness (QED) is 0.848. The van der Waals surface area contributed by atoms with Crippen molar-refractivity contribution in [3.63, 3.8) is 0 Å². The van der Waals surface area contributed by atoms with Gasteiger partial charge in [0.15, 0.2) is 0 Å². The summed E-state index contributed by atoms with van der Waals surface area (Å²) in [6, 6.07) is 0.750. The standard InChI is InChI=1S/C15H28N2O2/c1-12-5-4-6-13(2)17(12)14(18)15(11-19-3)7-9-16-10-8-15/h12-13,16H,4-11H2,1-3H3. The highest BCUT2D eigenvalue weighted by atomic mass is 16.5. The van der Waals surface area contributed by atoms with Crippen molar-refractivity contribution in [1.82, 2.24) is 10.2 Å². The Balaban J connectivity index is 2.18. The summed E-state index contributed by atoms with van der Waals surface area (Å²) in [5.41, 5.74) is -0.292. The van der Waals surface area contributed by atoms with Gasteiger partial charge in [0.2, 0.25) is 5.91 Å². The van der Waals surface area contributed by atoms with E-state index in [1.165, 1.54) is 6.42 Å². The second kappa shape index (κ2) is 6.23. The largest absolute Gasteiger partial charge is 0.384 e. The van der Waals surface area contributed by atoms with Crippen LogP contribution in [-0.4, -0.2) is 49.7 Å². The SMILES string of the molecule is COCC1(C(=O)N2C(C)CCCC2C)CCNCC1. The molecule has 2 aliphatic heterocycles. The summed E-state index contributed by atoms with van der Waals surface area (Å²) in [6.07, 6.45) is 5.31. The van der Waals surface area contributed by atoms with E-state index in [-0.39, 0.29) is 5.41 Å². The normalized spacial score (nSPS) is 31.2. The number of nitrogens with one attached hydrogen (secondary N) is 1. The summed E-state index contributed by atoms with van der Waals surface area (Å²) in [5, 5.41) is 3.35. The van der Waals surface area contributed by atoms with Crippen LogP contribution in [0.15, 0.2) is 0 Å². The Morgan fingerprint density at radius 2 is 1.84 bits per heavy atom. The summed E-state index contributed by atoms with van der Waals surface area (Å²) >= 11 is 0. The fraction of sp³-hybridized carbons (Fsp3) is 0.933. The molecular formula is C15H28N2O2. The van der Waals surface area contributed by atoms with Crippen LogP contribution in [0.5, 0.6) is 0 Å². The Labute approximate surface area is 116 Å². The lowest BCUT2D eigenvalue weighted by Gasteiger charge is -2.46. The van der Waals surface area contributed by atoms with Gasteiger partial charge in [-0.1, -0.05) is 0 Å². The van der Waals surface area contributed by atoms with Crippen molar-refractivity contribution in [2.24, 2.45) is 5.41 Å². The van der Waals surface area contributed by atoms with Gasteiger partial charge in [-0.2, -0.15) is 0 Å². The fourth-order valence-electron chi connectivity index (χ4n) is 3.70. The van der Waals surface area contributed by atoms with Crippen molar-refractivity contribution in [3.05, 3.63) is 0 Å². The van der Waals surface area contributed by atoms with E-state index >= 15 is 0 Å². The van der Waals surface area contributed by atoms with Crippen molar-refractivity contribution >= 4 is 5.91 Å². The van der Waals surface area contributed by atoms with Gasteiger partial charge < -0.3 is 15.0 Å². The predicted molar refractivity (Wildman–Crippen MR) is 76.0 cm³/mol. The van der Waals surface area contributed by atoms with E-state index in [0.29, 0.717) is 24.6 Å². The first kappa shape index (κ1) is 14.8. The molecule has 2 aliphatic rings. The third kappa shape index (κ3) is 2.95. The second-order valence-electron chi connectivity index (χ2n) is 6.30. The van der Waals surface area contributed by atoms with E-state index in [9.17, 15) is 4.79 Å². The maximum atomic E-state index is 13.1. The van der Waals surface area contributed by atoms with Gasteiger partial charge in [0, 0.05) is 19.2 Å². The fourth-order valence-corrected chi connectivity index (χ4v) is 3.70. The van der Waals surface area contributed by atoms with Crippen molar-refractivity contribution in [1.29, 1.82) is 0 Å². The van der Waals surface area contributed by atoms with Crippen LogP contribution in [0.1, 0.15) is 46.0 Å². The molecule has 0 aromatic heterocycles. The molecule has 0 radical (unpaired) electrons. The Hall–Kier alpha value is -0.610. The average molecular weight is 268 g/mol. The third-order valence-corrected chi connectivity index (χ3v) is 4.86. The molecule has 2 rings (SSSR count). The summed E-state index contributed by atoms with van der Waals surface area (Å²) in [4.78, 5) is 15.3. The lowest BCUT2D eigenvalue weighted by atomic mass is 9.77. The number of nitrogens with zero attached hydrogens (tertiary/aromatic N) is 1. The highest BCUT2D eigenvalue weighted by Crippen LogP contribution is 2.35. The minimum absolute atomic E-state index is 0.292. The number of methoxy groups -OCH3 is 1. The van der Waals surface area contributed by atoms with Gasteiger partial charge in [0.05, 0.1) is 12.0 Å². The molecule has 1 amide bonds. The molecule has 1 N–H and O–H groups in total. The first-order valence-electron chi connectivity index (χ1n) is 7.63. The number of piperidine rings is 2. The Kier molecular flexibility index (Phi) is 4.85. The Morgan fingerprint density at radius 3 is 2.37 bits per heavy atom. The van der Waals surface area contributed by atoms with Crippen LogP contribution in [0.2, 0.25) is 0 Å². The zero-order valence-corrected chi connectivity index (χ0v) is 12.6. The third-order valence-electron chi connectivity index (χ3n) is 4.86. The Bertz CT molecular complexity index is 298. The summed E-state index contributed by atoms with van der Waals surface area (Å²) in [5.74, 6) is 0.329. The molecule has 2 saturated heterocycles. The minimum atomic E-state index is -0.292. The monoisotopic (exact) mass is 268 g/mol. The molecule has 4 nitrogen and oxygen atoms in total. The molecule has 0 aliphatic carbocycles. The van der Waals surface area contributed by atoms with Crippen molar-refractivity contribution in [2.75, 3.05) is 26.8 Å². The molecule has 110 valence electrons. The van der Waals surface area contributed by atoms with Gasteiger partial charge in [-0.05, 0) is 59.0 Å². The number of rotatable bonds is 3. The van der Waals surface area contributed by atoms with E-state index in [4.69, 9.17) is 4.74 Å². The molecule has 0 aromatic rings. The number of likely N-dealkylation sites (tertiary alicyclic amines) is 1. The van der Waals surface area contributed by atoms with E-state index in [1.807, 2.05) is 0 Å². The summed E-state index contributed by atoms with van der Waals surface area (Å²) in [6.45, 7) is 6.78. The molecule has 2 heterocycles. The van der Waals surface area contributed by atoms with Crippen LogP contribution in [0.3, 0.4) is 0 Å². The number of hydrogen-bond donors (Lipinski definition) is 1. The lowest BCUT2D eigenvalue weighted by molar-refractivity contribution is -0.154. The molecule has 2 unspecified atom stereocenters. The zero-order valence-electron chi connectivity index (χ0n) is 12.6. The first-order chi connectivity index (χ1) is 9.10. The molecule has 2 atom stereocenters. The molecule has 0 aromatic carbocycles. The topological polar surface area (TPSA) is 41.6 Å². The molecule has 0 bridgehead atoms. The number of carbonyl (C=O) groups excluding carboxylic acids is 1. The molecule has 4 heteroatoms. The Morgan fingerprint density at radius 1 is 1.26 bits per heavy atom. The van der Waals surface area contributed by atoms with Gasteiger partial charge in [-0.3, -0.25) is 4.79 Å². The summed E-state index contributed by atoms with van der Waals surface area (Å²) < 4.78 is 5.39. The van der Waals surface area contributed by atoms with Crippen molar-refractivity contribution < 1.29 is 9.53 Å². The second-order valence-corrected chi connectivity index (χ2v) is 6.30. The summed E-state index contributed by atoms with van der Waals surface area (Å²) in [7, 11) is 1.71. The van der Waals surface area contributed by atoms with Gasteiger partial charge in [0.25, 0.3) is 0 Å². The highest BCUT2D eigenvalue weighted by molar-refractivity contribution is 5.83. The predicted octanol–water partition coefficient (Wildman–Crippen LogP) is 1.79. The number of hydrogen-bond acceptors (Lipinski definition) is 3. The maximum absolute atomic E-state index is 13.1. The van der Waals surface area contributed by atoms with Gasteiger partial charge in [-0.25, -0.2) is 0 Å². The van der Waals surface area contributed by atoms with Crippen LogP contribution >= 0.6 is 0 Å². The molecule has 0 saturated carbocycles. The van der Waals surface area contributed by atoms with Gasteiger partial charge >= 0.3 is 0 Å². The van der Waals surface area contributed by atoms with Crippen LogP contribution in [-0.2, 0) is 9.53 Å². The van der Waals surface area contributed by atoms with Crippen molar-refractivity contribution in [2.45, 2.75) is 58.0 Å². The minimum Gasteiger partial charge on any atom is -0.384 e. The van der Waals surface area contributed by atoms with Gasteiger partial charge in [-0.15, -0.1) is 0 Å². The lowest BCUT2D eigenvalue weighted by Crippen LogP contribution is -2.57. The first-order valence-corrected chi connectivity index (χ1v) is 7.63. The molecule has 19 heavy (non-hydrogen) atoms. The number of carbonyl (C=O) groups is 1. The molecule has 0 spiro atoms. The van der Waals surface area contributed by atoms with Crippen molar-refractivity contribution in [3.8, 4) is 0 Å². The van der Waals surface area contributed by atoms with E-state index in [1.54, 1.807) is 7.11 Å². The number of ether oxygens (including phenoxy) is 1. The van der Waals surface area contributed by atoms with E-state index in [0.717, 1.165) is 38.8 Å². The molecular weight excluding hydrogens is 240 g/mol. The van der Waals surface area contributed by atoms with Crippen LogP contribution in [0.4, 0.5) is 0 Å². The van der Waals surface area contributed by atoms with Crippen LogP contribution < -0.4 is 5.32 Å².